The molecule has 1 aromatic carbocycles. The predicted molar refractivity (Wildman–Crippen MR) is 71.7 cm³/mol. The second-order valence-electron chi connectivity index (χ2n) is 5.27. The van der Waals surface area contributed by atoms with Crippen LogP contribution in [0.1, 0.15) is 31.2 Å². The highest BCUT2D eigenvalue weighted by atomic mass is 16.5. The number of carbonyl (C=O) groups excluding carboxylic acids is 2. The molecule has 2 aliphatic heterocycles. The molecule has 2 amide bonds. The van der Waals surface area contributed by atoms with E-state index in [1.165, 1.54) is 0 Å². The molecule has 0 spiro atoms. The van der Waals surface area contributed by atoms with E-state index in [1.54, 1.807) is 0 Å². The summed E-state index contributed by atoms with van der Waals surface area (Å²) in [5, 5.41) is 2.37. The Morgan fingerprint density at radius 2 is 1.90 bits per heavy atom. The molecule has 1 fully saturated rings. The number of hydrogen-bond donors (Lipinski definition) is 1. The van der Waals surface area contributed by atoms with Crippen molar-refractivity contribution in [2.24, 2.45) is 5.92 Å². The zero-order valence-electron chi connectivity index (χ0n) is 11.3. The summed E-state index contributed by atoms with van der Waals surface area (Å²) < 4.78 is 11.2. The molecule has 0 bridgehead atoms. The number of rotatable bonds is 1. The minimum atomic E-state index is -0.225. The van der Waals surface area contributed by atoms with Gasteiger partial charge in [0.05, 0.1) is 13.2 Å². The summed E-state index contributed by atoms with van der Waals surface area (Å²) in [6, 6.07) is 5.67. The molecule has 20 heavy (non-hydrogen) atoms. The van der Waals surface area contributed by atoms with Crippen LogP contribution in [0.3, 0.4) is 0 Å². The second-order valence-corrected chi connectivity index (χ2v) is 5.27. The lowest BCUT2D eigenvalue weighted by atomic mass is 9.81. The third-order valence-electron chi connectivity index (χ3n) is 3.88. The van der Waals surface area contributed by atoms with E-state index in [2.05, 4.69) is 5.32 Å². The Bertz CT molecular complexity index is 555. The standard InChI is InChI=1S/C15H17NO4/c1-9-11(8-14(17)16-15(9)18)10-3-4-12-13(7-10)20-6-2-5-19-12/h3-4,7,9,11H,2,5-6,8H2,1H3,(H,16,17,18). The van der Waals surface area contributed by atoms with Gasteiger partial charge in [0, 0.05) is 24.7 Å². The van der Waals surface area contributed by atoms with Crippen LogP contribution >= 0.6 is 0 Å². The summed E-state index contributed by atoms with van der Waals surface area (Å²) in [4.78, 5) is 23.3. The normalized spacial score (nSPS) is 25.9. The maximum absolute atomic E-state index is 11.7. The monoisotopic (exact) mass is 275 g/mol. The van der Waals surface area contributed by atoms with Crippen LogP contribution in [0.2, 0.25) is 0 Å². The van der Waals surface area contributed by atoms with Gasteiger partial charge in [0.1, 0.15) is 0 Å². The number of amides is 2. The highest BCUT2D eigenvalue weighted by Gasteiger charge is 2.34. The minimum absolute atomic E-state index is 0.103. The zero-order valence-corrected chi connectivity index (χ0v) is 11.3. The van der Waals surface area contributed by atoms with Gasteiger partial charge in [-0.25, -0.2) is 0 Å². The molecular formula is C15H17NO4. The molecule has 0 saturated carbocycles. The molecule has 3 rings (SSSR count). The van der Waals surface area contributed by atoms with Gasteiger partial charge in [0.25, 0.3) is 0 Å². The first-order chi connectivity index (χ1) is 9.65. The topological polar surface area (TPSA) is 64.6 Å². The van der Waals surface area contributed by atoms with Crippen LogP contribution in [0.25, 0.3) is 0 Å². The number of carbonyl (C=O) groups is 2. The molecule has 2 aliphatic rings. The van der Waals surface area contributed by atoms with Crippen molar-refractivity contribution in [1.82, 2.24) is 5.32 Å². The number of imide groups is 1. The van der Waals surface area contributed by atoms with Gasteiger partial charge < -0.3 is 9.47 Å². The Balaban J connectivity index is 1.91. The molecule has 1 aromatic rings. The SMILES string of the molecule is CC1C(=O)NC(=O)CC1c1ccc2c(c1)OCCCO2. The average molecular weight is 275 g/mol. The van der Waals surface area contributed by atoms with Crippen molar-refractivity contribution in [2.45, 2.75) is 25.7 Å². The summed E-state index contributed by atoms with van der Waals surface area (Å²) in [7, 11) is 0. The van der Waals surface area contributed by atoms with Crippen LogP contribution < -0.4 is 14.8 Å². The lowest BCUT2D eigenvalue weighted by molar-refractivity contribution is -0.136. The Labute approximate surface area is 117 Å². The number of hydrogen-bond acceptors (Lipinski definition) is 4. The molecule has 0 radical (unpaired) electrons. The fourth-order valence-electron chi connectivity index (χ4n) is 2.68. The van der Waals surface area contributed by atoms with E-state index in [1.807, 2.05) is 25.1 Å². The molecule has 2 heterocycles. The van der Waals surface area contributed by atoms with Crippen molar-refractivity contribution in [3.8, 4) is 11.5 Å². The molecule has 5 heteroatoms. The van der Waals surface area contributed by atoms with E-state index >= 15 is 0 Å². The lowest BCUT2D eigenvalue weighted by Gasteiger charge is -2.28. The lowest BCUT2D eigenvalue weighted by Crippen LogP contribution is -2.43. The van der Waals surface area contributed by atoms with Gasteiger partial charge in [-0.1, -0.05) is 13.0 Å². The minimum Gasteiger partial charge on any atom is -0.490 e. The van der Waals surface area contributed by atoms with Crippen LogP contribution in [-0.2, 0) is 9.59 Å². The Hall–Kier alpha value is -2.04. The number of fused-ring (bicyclic) bond motifs is 1. The van der Waals surface area contributed by atoms with Crippen molar-refractivity contribution in [2.75, 3.05) is 13.2 Å². The smallest absolute Gasteiger partial charge is 0.230 e. The third-order valence-corrected chi connectivity index (χ3v) is 3.88. The summed E-state index contributed by atoms with van der Waals surface area (Å²) in [6.07, 6.45) is 1.18. The fraction of sp³-hybridized carbons (Fsp3) is 0.467. The van der Waals surface area contributed by atoms with Gasteiger partial charge >= 0.3 is 0 Å². The molecular weight excluding hydrogens is 258 g/mol. The van der Waals surface area contributed by atoms with Gasteiger partial charge in [-0.05, 0) is 17.7 Å². The van der Waals surface area contributed by atoms with Gasteiger partial charge in [-0.3, -0.25) is 14.9 Å². The van der Waals surface area contributed by atoms with E-state index in [0.29, 0.717) is 25.4 Å². The van der Waals surface area contributed by atoms with Crippen molar-refractivity contribution in [1.29, 1.82) is 0 Å². The maximum atomic E-state index is 11.7. The van der Waals surface area contributed by atoms with E-state index in [4.69, 9.17) is 9.47 Å². The van der Waals surface area contributed by atoms with Crippen LogP contribution in [0.5, 0.6) is 11.5 Å². The number of benzene rings is 1. The Kier molecular flexibility index (Phi) is 3.34. The van der Waals surface area contributed by atoms with Gasteiger partial charge in [0.15, 0.2) is 11.5 Å². The molecule has 0 aromatic heterocycles. The van der Waals surface area contributed by atoms with Crippen LogP contribution in [0.4, 0.5) is 0 Å². The largest absolute Gasteiger partial charge is 0.490 e. The number of nitrogens with one attached hydrogen (secondary N) is 1. The van der Waals surface area contributed by atoms with Crippen molar-refractivity contribution in [3.63, 3.8) is 0 Å². The quantitative estimate of drug-likeness (QED) is 0.791. The average Bonchev–Trinajstić information content (AvgIpc) is 2.67. The predicted octanol–water partition coefficient (Wildman–Crippen LogP) is 1.61. The summed E-state index contributed by atoms with van der Waals surface area (Å²) in [5.41, 5.74) is 0.949. The van der Waals surface area contributed by atoms with Gasteiger partial charge in [-0.2, -0.15) is 0 Å². The molecule has 5 nitrogen and oxygen atoms in total. The third kappa shape index (κ3) is 2.35. The van der Waals surface area contributed by atoms with E-state index in [0.717, 1.165) is 17.7 Å². The first-order valence-electron chi connectivity index (χ1n) is 6.88. The van der Waals surface area contributed by atoms with Gasteiger partial charge in [0.2, 0.25) is 11.8 Å². The highest BCUT2D eigenvalue weighted by molar-refractivity contribution is 5.99. The zero-order chi connectivity index (χ0) is 14.1. The van der Waals surface area contributed by atoms with Crippen molar-refractivity contribution >= 4 is 11.8 Å². The van der Waals surface area contributed by atoms with Crippen LogP contribution in [0, 0.1) is 5.92 Å². The Morgan fingerprint density at radius 1 is 1.15 bits per heavy atom. The van der Waals surface area contributed by atoms with Crippen LogP contribution in [-0.4, -0.2) is 25.0 Å². The number of piperidine rings is 1. The molecule has 1 saturated heterocycles. The van der Waals surface area contributed by atoms with E-state index in [9.17, 15) is 9.59 Å². The summed E-state index contributed by atoms with van der Waals surface area (Å²) in [6.45, 7) is 3.11. The van der Waals surface area contributed by atoms with Crippen LogP contribution in [0.15, 0.2) is 18.2 Å². The van der Waals surface area contributed by atoms with Gasteiger partial charge in [-0.15, -0.1) is 0 Å². The fourth-order valence-corrected chi connectivity index (χ4v) is 2.68. The van der Waals surface area contributed by atoms with Crippen molar-refractivity contribution < 1.29 is 19.1 Å². The van der Waals surface area contributed by atoms with E-state index in [-0.39, 0.29) is 23.7 Å². The van der Waals surface area contributed by atoms with E-state index < -0.39 is 0 Å². The first kappa shape index (κ1) is 13.0. The Morgan fingerprint density at radius 3 is 2.70 bits per heavy atom. The summed E-state index contributed by atoms with van der Waals surface area (Å²) >= 11 is 0. The second kappa shape index (κ2) is 5.15. The van der Waals surface area contributed by atoms with Crippen molar-refractivity contribution in [3.05, 3.63) is 23.8 Å². The molecule has 1 N–H and O–H groups in total. The molecule has 2 unspecified atom stereocenters. The molecule has 106 valence electrons. The molecule has 0 aliphatic carbocycles. The number of ether oxygens (including phenoxy) is 2. The molecule has 2 atom stereocenters. The highest BCUT2D eigenvalue weighted by Crippen LogP contribution is 2.37. The summed E-state index contributed by atoms with van der Waals surface area (Å²) in [5.74, 6) is 0.672. The maximum Gasteiger partial charge on any atom is 0.230 e. The first-order valence-corrected chi connectivity index (χ1v) is 6.88.